The van der Waals surface area contributed by atoms with Crippen LogP contribution in [-0.4, -0.2) is 51.2 Å². The number of carbonyl (C=O) groups excluding carboxylic acids is 2. The number of nitrogens with two attached hydrogens (primary N) is 1. The zero-order valence-electron chi connectivity index (χ0n) is 22.2. The van der Waals surface area contributed by atoms with Crippen molar-refractivity contribution in [2.75, 3.05) is 13.2 Å². The Bertz CT molecular complexity index is 1730. The van der Waals surface area contributed by atoms with Gasteiger partial charge in [0.05, 0.1) is 23.3 Å². The first-order valence-corrected chi connectivity index (χ1v) is 13.1. The van der Waals surface area contributed by atoms with Gasteiger partial charge in [0.2, 0.25) is 11.5 Å². The fourth-order valence-electron chi connectivity index (χ4n) is 4.97. The van der Waals surface area contributed by atoms with Gasteiger partial charge in [-0.1, -0.05) is 0 Å². The van der Waals surface area contributed by atoms with E-state index in [2.05, 4.69) is 20.3 Å². The number of hydrogen-bond donors (Lipinski definition) is 4. The number of fused-ring (bicyclic) bond motifs is 2. The molecule has 218 valence electrons. The lowest BCUT2D eigenvalue weighted by atomic mass is 9.81. The van der Waals surface area contributed by atoms with Crippen LogP contribution < -0.4 is 15.8 Å². The molecule has 2 amide bonds. The molecule has 0 radical (unpaired) electrons. The highest BCUT2D eigenvalue weighted by Crippen LogP contribution is 2.47. The highest BCUT2D eigenvalue weighted by atomic mass is 19.4. The Kier molecular flexibility index (Phi) is 6.26. The first-order chi connectivity index (χ1) is 19.8. The maximum absolute atomic E-state index is 14.6. The third-order valence-electron chi connectivity index (χ3n) is 7.86. The van der Waals surface area contributed by atoms with E-state index in [1.54, 1.807) is 6.07 Å². The number of carbonyl (C=O) groups is 2. The summed E-state index contributed by atoms with van der Waals surface area (Å²) in [6.07, 6.45) is -3.31. The van der Waals surface area contributed by atoms with Gasteiger partial charge >= 0.3 is 6.18 Å². The van der Waals surface area contributed by atoms with E-state index in [0.29, 0.717) is 17.0 Å². The monoisotopic (exact) mass is 583 g/mol. The molecule has 4 aromatic rings. The number of aromatic nitrogens is 3. The average Bonchev–Trinajstić information content (AvgIpc) is 3.62. The minimum atomic E-state index is -5.32. The fourth-order valence-corrected chi connectivity index (χ4v) is 4.97. The zero-order valence-corrected chi connectivity index (χ0v) is 22.2. The van der Waals surface area contributed by atoms with E-state index in [1.807, 2.05) is 0 Å². The topological polar surface area (TPSA) is 143 Å². The summed E-state index contributed by atoms with van der Waals surface area (Å²) in [6.45, 7) is -0.183. The minimum Gasteiger partial charge on any atom is -0.489 e. The van der Waals surface area contributed by atoms with Gasteiger partial charge in [0, 0.05) is 22.6 Å². The molecule has 9 nitrogen and oxygen atoms in total. The number of alkyl halides is 3. The molecule has 42 heavy (non-hydrogen) atoms. The summed E-state index contributed by atoms with van der Waals surface area (Å²) in [5.74, 6) is -1.23. The van der Waals surface area contributed by atoms with Crippen molar-refractivity contribution in [1.82, 2.24) is 20.3 Å². The van der Waals surface area contributed by atoms with Crippen LogP contribution >= 0.6 is 0 Å². The van der Waals surface area contributed by atoms with E-state index in [-0.39, 0.29) is 34.7 Å². The second kappa shape index (κ2) is 9.51. The summed E-state index contributed by atoms with van der Waals surface area (Å²) >= 11 is 0. The van der Waals surface area contributed by atoms with Crippen molar-refractivity contribution in [3.05, 3.63) is 77.0 Å². The molecule has 1 aliphatic heterocycles. The van der Waals surface area contributed by atoms with Crippen molar-refractivity contribution in [2.24, 2.45) is 5.73 Å². The van der Waals surface area contributed by atoms with Gasteiger partial charge in [-0.2, -0.15) is 13.2 Å². The number of nitrogens with zero attached hydrogens (tertiary/aromatic N) is 2. The number of primary amides is 1. The maximum atomic E-state index is 14.6. The summed E-state index contributed by atoms with van der Waals surface area (Å²) in [7, 11) is 0. The lowest BCUT2D eigenvalue weighted by Gasteiger charge is -2.31. The van der Waals surface area contributed by atoms with Gasteiger partial charge in [0.15, 0.2) is 0 Å². The van der Waals surface area contributed by atoms with Crippen molar-refractivity contribution < 1.29 is 37.0 Å². The number of halogens is 4. The van der Waals surface area contributed by atoms with Gasteiger partial charge in [-0.05, 0) is 68.3 Å². The van der Waals surface area contributed by atoms with E-state index in [1.165, 1.54) is 31.2 Å². The van der Waals surface area contributed by atoms with Crippen LogP contribution in [0.5, 0.6) is 5.75 Å². The predicted octanol–water partition coefficient (Wildman–Crippen LogP) is 3.96. The third kappa shape index (κ3) is 4.53. The molecule has 2 aromatic carbocycles. The molecule has 13 heteroatoms. The van der Waals surface area contributed by atoms with Crippen molar-refractivity contribution in [2.45, 2.75) is 42.9 Å². The molecular formula is C29H25F4N5O4. The Hall–Kier alpha value is -4.52. The first-order valence-electron chi connectivity index (χ1n) is 13.1. The van der Waals surface area contributed by atoms with Crippen LogP contribution in [-0.2, 0) is 15.8 Å². The number of nitrogens with one attached hydrogen (secondary N) is 2. The van der Waals surface area contributed by atoms with Gasteiger partial charge in [0.25, 0.3) is 5.91 Å². The van der Waals surface area contributed by atoms with E-state index in [4.69, 9.17) is 10.5 Å². The fraction of sp³-hybridized carbons (Fsp3) is 0.310. The van der Waals surface area contributed by atoms with Crippen LogP contribution in [0.3, 0.4) is 0 Å². The standard InChI is InChI=1S/C29H25F4N5O4/c1-27(26(34)40)13-42-23-18(27)11-21(38-22(23)14-4-7-17(30)8-5-14)28(41,29(31,32)33)12-35-25(39)16-6-9-19-20(10-16)37-24(36-19)15-2-3-15/h4-11,15,41H,2-3,12-13H2,1H3,(H2,34,40)(H,35,39)(H,36,37)/t27-,28-/m0/s1. The third-order valence-corrected chi connectivity index (χ3v) is 7.86. The number of hydrogen-bond acceptors (Lipinski definition) is 6. The van der Waals surface area contributed by atoms with Gasteiger partial charge in [-0.15, -0.1) is 0 Å². The average molecular weight is 584 g/mol. The molecule has 1 aliphatic carbocycles. The van der Waals surface area contributed by atoms with Crippen molar-refractivity contribution >= 4 is 22.8 Å². The molecule has 0 bridgehead atoms. The van der Waals surface area contributed by atoms with Gasteiger partial charge in [-0.3, -0.25) is 9.59 Å². The summed E-state index contributed by atoms with van der Waals surface area (Å²) in [5.41, 5.74) is 0.689. The molecule has 0 unspecified atom stereocenters. The maximum Gasteiger partial charge on any atom is 0.424 e. The molecule has 0 saturated heterocycles. The second-order valence-corrected chi connectivity index (χ2v) is 10.9. The Labute approximate surface area is 236 Å². The molecule has 2 aromatic heterocycles. The number of H-pyrrole nitrogens is 1. The van der Waals surface area contributed by atoms with E-state index in [0.717, 1.165) is 36.9 Å². The van der Waals surface area contributed by atoms with Crippen LogP contribution in [0.2, 0.25) is 0 Å². The minimum absolute atomic E-state index is 0.0151. The molecule has 3 heterocycles. The number of imidazole rings is 1. The summed E-state index contributed by atoms with van der Waals surface area (Å²) < 4.78 is 63.1. The van der Waals surface area contributed by atoms with Crippen LogP contribution in [0.1, 0.15) is 53.1 Å². The van der Waals surface area contributed by atoms with Gasteiger partial charge < -0.3 is 25.9 Å². The number of aliphatic hydroxyl groups is 1. The molecule has 1 saturated carbocycles. The molecular weight excluding hydrogens is 558 g/mol. The Morgan fingerprint density at radius 3 is 2.50 bits per heavy atom. The van der Waals surface area contributed by atoms with Crippen molar-refractivity contribution in [1.29, 1.82) is 0 Å². The Morgan fingerprint density at radius 2 is 1.86 bits per heavy atom. The predicted molar refractivity (Wildman–Crippen MR) is 142 cm³/mol. The molecule has 6 rings (SSSR count). The zero-order chi connectivity index (χ0) is 30.0. The largest absolute Gasteiger partial charge is 0.489 e. The lowest BCUT2D eigenvalue weighted by Crippen LogP contribution is -2.51. The summed E-state index contributed by atoms with van der Waals surface area (Å²) in [6, 6.07) is 10.1. The number of ether oxygens (including phenoxy) is 1. The molecule has 1 fully saturated rings. The van der Waals surface area contributed by atoms with Crippen molar-refractivity contribution in [3.8, 4) is 17.0 Å². The van der Waals surface area contributed by atoms with Gasteiger partial charge in [-0.25, -0.2) is 14.4 Å². The highest BCUT2D eigenvalue weighted by molar-refractivity contribution is 5.97. The first kappa shape index (κ1) is 27.6. The number of rotatable bonds is 7. The summed E-state index contributed by atoms with van der Waals surface area (Å²) in [4.78, 5) is 37.1. The van der Waals surface area contributed by atoms with E-state index >= 15 is 0 Å². The number of benzene rings is 2. The quantitative estimate of drug-likeness (QED) is 0.243. The van der Waals surface area contributed by atoms with Crippen LogP contribution in [0.15, 0.2) is 48.5 Å². The second-order valence-electron chi connectivity index (χ2n) is 10.9. The Morgan fingerprint density at radius 1 is 1.14 bits per heavy atom. The SMILES string of the molecule is C[C@]1(C(N)=O)COc2c1cc([C@@](O)(CNC(=O)c1ccc3nc(C4CC4)[nH]c3c1)C(F)(F)F)nc2-c1ccc(F)cc1. The van der Waals surface area contributed by atoms with E-state index in [9.17, 15) is 32.3 Å². The van der Waals surface area contributed by atoms with Crippen LogP contribution in [0.25, 0.3) is 22.3 Å². The number of aromatic amines is 1. The Balaban J connectivity index is 1.38. The highest BCUT2D eigenvalue weighted by Gasteiger charge is 2.57. The van der Waals surface area contributed by atoms with Crippen molar-refractivity contribution in [3.63, 3.8) is 0 Å². The number of amides is 2. The number of pyridine rings is 1. The smallest absolute Gasteiger partial charge is 0.424 e. The van der Waals surface area contributed by atoms with E-state index < -0.39 is 47.1 Å². The van der Waals surface area contributed by atoms with Gasteiger partial charge in [0.1, 0.15) is 35.1 Å². The molecule has 0 spiro atoms. The van der Waals surface area contributed by atoms with Crippen LogP contribution in [0, 0.1) is 5.82 Å². The van der Waals surface area contributed by atoms with Crippen LogP contribution in [0.4, 0.5) is 17.6 Å². The molecule has 2 atom stereocenters. The summed E-state index contributed by atoms with van der Waals surface area (Å²) in [5, 5.41) is 13.4. The molecule has 2 aliphatic rings. The molecule has 5 N–H and O–H groups in total. The lowest BCUT2D eigenvalue weighted by molar-refractivity contribution is -0.265. The normalized spacial score (nSPS) is 19.7.